The van der Waals surface area contributed by atoms with Crippen LogP contribution in [0, 0.1) is 11.3 Å². The van der Waals surface area contributed by atoms with Gasteiger partial charge in [0.1, 0.15) is 0 Å². The number of aliphatic hydroxyl groups is 1. The Balaban J connectivity index is 2.12. The number of hydrogen-bond donors (Lipinski definition) is 1. The monoisotopic (exact) mass is 297 g/mol. The molecule has 2 nitrogen and oxygen atoms in total. The fourth-order valence-electron chi connectivity index (χ4n) is 2.61. The largest absolute Gasteiger partial charge is 0.396 e. The molecule has 0 radical (unpaired) electrons. The highest BCUT2D eigenvalue weighted by Crippen LogP contribution is 2.36. The SMILES string of the molecule is CC1(C)CN(c2ccc(Br)cc2)CCC1CO. The first-order valence-corrected chi connectivity index (χ1v) is 6.93. The number of rotatable bonds is 2. The van der Waals surface area contributed by atoms with Crippen molar-refractivity contribution < 1.29 is 5.11 Å². The van der Waals surface area contributed by atoms with Crippen LogP contribution in [-0.4, -0.2) is 24.8 Å². The molecule has 3 heteroatoms. The normalized spacial score (nSPS) is 23.8. The molecule has 1 heterocycles. The van der Waals surface area contributed by atoms with E-state index in [1.54, 1.807) is 0 Å². The van der Waals surface area contributed by atoms with Crippen molar-refractivity contribution in [3.05, 3.63) is 28.7 Å². The molecule has 94 valence electrons. The van der Waals surface area contributed by atoms with Gasteiger partial charge in [-0.15, -0.1) is 0 Å². The number of halogens is 1. The molecule has 17 heavy (non-hydrogen) atoms. The first-order valence-electron chi connectivity index (χ1n) is 6.14. The smallest absolute Gasteiger partial charge is 0.0465 e. The molecule has 1 saturated heterocycles. The minimum Gasteiger partial charge on any atom is -0.396 e. The minimum atomic E-state index is 0.181. The van der Waals surface area contributed by atoms with E-state index in [-0.39, 0.29) is 5.41 Å². The summed E-state index contributed by atoms with van der Waals surface area (Å²) >= 11 is 3.46. The van der Waals surface area contributed by atoms with Crippen LogP contribution in [0.25, 0.3) is 0 Å². The highest BCUT2D eigenvalue weighted by Gasteiger charge is 2.35. The quantitative estimate of drug-likeness (QED) is 0.905. The van der Waals surface area contributed by atoms with Gasteiger partial charge in [-0.05, 0) is 42.0 Å². The Hall–Kier alpha value is -0.540. The van der Waals surface area contributed by atoms with Crippen LogP contribution < -0.4 is 4.90 Å². The van der Waals surface area contributed by atoms with Crippen molar-refractivity contribution >= 4 is 21.6 Å². The van der Waals surface area contributed by atoms with E-state index in [0.717, 1.165) is 24.0 Å². The molecule has 0 aromatic heterocycles. The summed E-state index contributed by atoms with van der Waals surface area (Å²) in [7, 11) is 0. The van der Waals surface area contributed by atoms with E-state index in [9.17, 15) is 5.11 Å². The van der Waals surface area contributed by atoms with Gasteiger partial charge in [0.05, 0.1) is 0 Å². The van der Waals surface area contributed by atoms with Gasteiger partial charge < -0.3 is 10.0 Å². The van der Waals surface area contributed by atoms with E-state index >= 15 is 0 Å². The predicted molar refractivity (Wildman–Crippen MR) is 75.3 cm³/mol. The maximum absolute atomic E-state index is 9.40. The van der Waals surface area contributed by atoms with Crippen LogP contribution in [0.2, 0.25) is 0 Å². The Kier molecular flexibility index (Phi) is 3.79. The third kappa shape index (κ3) is 2.83. The number of piperidine rings is 1. The van der Waals surface area contributed by atoms with Crippen LogP contribution in [0.5, 0.6) is 0 Å². The van der Waals surface area contributed by atoms with E-state index in [4.69, 9.17) is 0 Å². The van der Waals surface area contributed by atoms with E-state index in [1.807, 2.05) is 0 Å². The van der Waals surface area contributed by atoms with Crippen molar-refractivity contribution in [3.63, 3.8) is 0 Å². The van der Waals surface area contributed by atoms with Crippen molar-refractivity contribution in [2.45, 2.75) is 20.3 Å². The molecule has 1 atom stereocenters. The molecular formula is C14H20BrNO. The van der Waals surface area contributed by atoms with Crippen molar-refractivity contribution in [1.82, 2.24) is 0 Å². The molecule has 0 amide bonds. The fourth-order valence-corrected chi connectivity index (χ4v) is 2.88. The lowest BCUT2D eigenvalue weighted by Crippen LogP contribution is -2.47. The zero-order chi connectivity index (χ0) is 12.5. The van der Waals surface area contributed by atoms with Crippen LogP contribution in [0.15, 0.2) is 28.7 Å². The highest BCUT2D eigenvalue weighted by molar-refractivity contribution is 9.10. The first kappa shape index (κ1) is 12.9. The second kappa shape index (κ2) is 4.99. The maximum Gasteiger partial charge on any atom is 0.0465 e. The Bertz CT molecular complexity index is 374. The van der Waals surface area contributed by atoms with Gasteiger partial charge in [0.25, 0.3) is 0 Å². The molecule has 1 aromatic carbocycles. The van der Waals surface area contributed by atoms with Crippen LogP contribution in [0.1, 0.15) is 20.3 Å². The summed E-state index contributed by atoms with van der Waals surface area (Å²) in [6, 6.07) is 8.47. The van der Waals surface area contributed by atoms with Crippen LogP contribution in [0.4, 0.5) is 5.69 Å². The van der Waals surface area contributed by atoms with E-state index in [2.05, 4.69) is 58.9 Å². The molecule has 1 fully saturated rings. The number of nitrogens with zero attached hydrogens (tertiary/aromatic N) is 1. The van der Waals surface area contributed by atoms with E-state index in [0.29, 0.717) is 12.5 Å². The Morgan fingerprint density at radius 1 is 1.35 bits per heavy atom. The first-order chi connectivity index (χ1) is 8.03. The van der Waals surface area contributed by atoms with Gasteiger partial charge in [0.15, 0.2) is 0 Å². The average molecular weight is 298 g/mol. The summed E-state index contributed by atoms with van der Waals surface area (Å²) in [5, 5.41) is 9.40. The summed E-state index contributed by atoms with van der Waals surface area (Å²) in [4.78, 5) is 2.42. The fraction of sp³-hybridized carbons (Fsp3) is 0.571. The number of aliphatic hydroxyl groups excluding tert-OH is 1. The lowest BCUT2D eigenvalue weighted by molar-refractivity contribution is 0.0972. The Morgan fingerprint density at radius 3 is 2.53 bits per heavy atom. The van der Waals surface area contributed by atoms with E-state index in [1.165, 1.54) is 5.69 Å². The minimum absolute atomic E-state index is 0.181. The number of hydrogen-bond acceptors (Lipinski definition) is 2. The molecule has 1 aliphatic heterocycles. The summed E-state index contributed by atoms with van der Waals surface area (Å²) < 4.78 is 1.12. The lowest BCUT2D eigenvalue weighted by Gasteiger charge is -2.44. The molecule has 0 spiro atoms. The zero-order valence-electron chi connectivity index (χ0n) is 10.5. The molecular weight excluding hydrogens is 278 g/mol. The standard InChI is InChI=1S/C14H20BrNO/c1-14(2)10-16(8-7-11(14)9-17)13-5-3-12(15)4-6-13/h3-6,11,17H,7-10H2,1-2H3. The summed E-state index contributed by atoms with van der Waals surface area (Å²) in [5.74, 6) is 0.425. The highest BCUT2D eigenvalue weighted by atomic mass is 79.9. The molecule has 2 rings (SSSR count). The van der Waals surface area contributed by atoms with Gasteiger partial charge >= 0.3 is 0 Å². The predicted octanol–water partition coefficient (Wildman–Crippen LogP) is 3.29. The molecule has 0 saturated carbocycles. The average Bonchev–Trinajstić information content (AvgIpc) is 2.28. The molecule has 1 N–H and O–H groups in total. The Labute approximate surface area is 112 Å². The Morgan fingerprint density at radius 2 is 2.00 bits per heavy atom. The second-order valence-corrected chi connectivity index (χ2v) is 6.47. The third-order valence-electron chi connectivity index (χ3n) is 3.86. The van der Waals surface area contributed by atoms with Gasteiger partial charge in [0.2, 0.25) is 0 Å². The van der Waals surface area contributed by atoms with Crippen LogP contribution in [0.3, 0.4) is 0 Å². The number of anilines is 1. The van der Waals surface area contributed by atoms with Crippen LogP contribution >= 0.6 is 15.9 Å². The van der Waals surface area contributed by atoms with Gasteiger partial charge in [-0.25, -0.2) is 0 Å². The molecule has 1 aromatic rings. The second-order valence-electron chi connectivity index (χ2n) is 5.55. The maximum atomic E-state index is 9.40. The summed E-state index contributed by atoms with van der Waals surface area (Å²) in [5.41, 5.74) is 1.46. The van der Waals surface area contributed by atoms with Gasteiger partial charge in [-0.2, -0.15) is 0 Å². The van der Waals surface area contributed by atoms with E-state index < -0.39 is 0 Å². The molecule has 1 aliphatic rings. The van der Waals surface area contributed by atoms with Crippen molar-refractivity contribution in [2.75, 3.05) is 24.6 Å². The van der Waals surface area contributed by atoms with Crippen molar-refractivity contribution in [1.29, 1.82) is 0 Å². The lowest BCUT2D eigenvalue weighted by atomic mass is 9.74. The molecule has 1 unspecified atom stereocenters. The van der Waals surface area contributed by atoms with Gasteiger partial charge in [-0.3, -0.25) is 0 Å². The summed E-state index contributed by atoms with van der Waals surface area (Å²) in [6.45, 7) is 6.86. The van der Waals surface area contributed by atoms with Gasteiger partial charge in [0, 0.05) is 29.9 Å². The van der Waals surface area contributed by atoms with Gasteiger partial charge in [-0.1, -0.05) is 29.8 Å². The van der Waals surface area contributed by atoms with Crippen molar-refractivity contribution in [3.8, 4) is 0 Å². The molecule has 0 aliphatic carbocycles. The topological polar surface area (TPSA) is 23.5 Å². The van der Waals surface area contributed by atoms with Crippen LogP contribution in [-0.2, 0) is 0 Å². The third-order valence-corrected chi connectivity index (χ3v) is 4.39. The number of benzene rings is 1. The van der Waals surface area contributed by atoms with Crippen molar-refractivity contribution in [2.24, 2.45) is 11.3 Å². The molecule has 0 bridgehead atoms. The zero-order valence-corrected chi connectivity index (χ0v) is 12.1. The summed E-state index contributed by atoms with van der Waals surface area (Å²) in [6.07, 6.45) is 1.07.